The molecular weight excluding hydrogens is 400 g/mol. The summed E-state index contributed by atoms with van der Waals surface area (Å²) in [5, 5.41) is 3.23. The van der Waals surface area contributed by atoms with Gasteiger partial charge in [0.2, 0.25) is 0 Å². The standard InChI is InChI=1S/C22H22F2N4O.CH5N/c23-18(24)14-4-7-16-17(10-14)27-20(26-16)21-8-1-9-22(11-21,12-21)28-19(29)13-2-5-15(25)6-3-13;1-2/h2-7,10,18H,1,8-9,11-12,25H2,(H,26,27)(H,28,29);2H2,1H3. The third kappa shape index (κ3) is 3.76. The van der Waals surface area contributed by atoms with Crippen molar-refractivity contribution in [3.8, 4) is 0 Å². The number of nitrogens with one attached hydrogen (secondary N) is 2. The van der Waals surface area contributed by atoms with Gasteiger partial charge in [0.05, 0.1) is 11.0 Å². The van der Waals surface area contributed by atoms with E-state index >= 15 is 0 Å². The van der Waals surface area contributed by atoms with Gasteiger partial charge < -0.3 is 21.8 Å². The van der Waals surface area contributed by atoms with Crippen LogP contribution in [0.5, 0.6) is 0 Å². The number of H-pyrrole nitrogens is 1. The summed E-state index contributed by atoms with van der Waals surface area (Å²) in [6.45, 7) is 0. The molecule has 0 unspecified atom stereocenters. The molecule has 0 saturated heterocycles. The largest absolute Gasteiger partial charge is 0.399 e. The van der Waals surface area contributed by atoms with E-state index in [-0.39, 0.29) is 22.4 Å². The van der Waals surface area contributed by atoms with Crippen LogP contribution < -0.4 is 16.8 Å². The average Bonchev–Trinajstić information content (AvgIpc) is 3.19. The van der Waals surface area contributed by atoms with Crippen LogP contribution in [0.1, 0.15) is 60.3 Å². The number of benzene rings is 2. The first kappa shape index (κ1) is 21.2. The second kappa shape index (κ2) is 7.92. The van der Waals surface area contributed by atoms with Gasteiger partial charge in [-0.05, 0) is 69.1 Å². The lowest BCUT2D eigenvalue weighted by molar-refractivity contribution is 0.00534. The summed E-state index contributed by atoms with van der Waals surface area (Å²) in [6.07, 6.45) is 2.02. The van der Waals surface area contributed by atoms with E-state index in [0.29, 0.717) is 22.3 Å². The van der Waals surface area contributed by atoms with Crippen LogP contribution >= 0.6 is 0 Å². The molecule has 0 atom stereocenters. The molecule has 3 saturated carbocycles. The van der Waals surface area contributed by atoms with E-state index in [1.54, 1.807) is 30.3 Å². The van der Waals surface area contributed by atoms with Crippen LogP contribution in [0.2, 0.25) is 0 Å². The first-order chi connectivity index (χ1) is 14.9. The van der Waals surface area contributed by atoms with Crippen molar-refractivity contribution in [3.05, 3.63) is 59.4 Å². The number of fused-ring (bicyclic) bond motifs is 3. The molecule has 3 aliphatic carbocycles. The Morgan fingerprint density at radius 2 is 1.84 bits per heavy atom. The molecule has 6 nitrogen and oxygen atoms in total. The molecule has 1 amide bonds. The summed E-state index contributed by atoms with van der Waals surface area (Å²) in [6, 6.07) is 11.5. The summed E-state index contributed by atoms with van der Waals surface area (Å²) >= 11 is 0. The highest BCUT2D eigenvalue weighted by Crippen LogP contribution is 2.58. The van der Waals surface area contributed by atoms with Crippen LogP contribution in [0, 0.1) is 0 Å². The number of carbonyl (C=O) groups is 1. The van der Waals surface area contributed by atoms with Crippen molar-refractivity contribution in [2.45, 2.75) is 49.5 Å². The molecule has 0 aliphatic heterocycles. The normalized spacial score (nSPS) is 24.3. The van der Waals surface area contributed by atoms with E-state index < -0.39 is 6.43 Å². The number of nitrogen functional groups attached to an aromatic ring is 1. The molecule has 0 spiro atoms. The minimum atomic E-state index is -2.50. The van der Waals surface area contributed by atoms with Gasteiger partial charge in [0, 0.05) is 27.8 Å². The van der Waals surface area contributed by atoms with Gasteiger partial charge in [-0.15, -0.1) is 0 Å². The number of nitrogens with zero attached hydrogens (tertiary/aromatic N) is 1. The number of aromatic nitrogens is 2. The second-order valence-electron chi connectivity index (χ2n) is 8.51. The maximum Gasteiger partial charge on any atom is 0.263 e. The molecule has 0 radical (unpaired) electrons. The highest BCUT2D eigenvalue weighted by Gasteiger charge is 2.60. The van der Waals surface area contributed by atoms with E-state index in [1.807, 2.05) is 0 Å². The number of rotatable bonds is 4. The molecule has 1 heterocycles. The molecule has 3 fully saturated rings. The Morgan fingerprint density at radius 3 is 2.52 bits per heavy atom. The van der Waals surface area contributed by atoms with Crippen molar-refractivity contribution in [2.24, 2.45) is 5.73 Å². The van der Waals surface area contributed by atoms with Crippen LogP contribution in [0.15, 0.2) is 42.5 Å². The van der Waals surface area contributed by atoms with E-state index in [1.165, 1.54) is 19.2 Å². The monoisotopic (exact) mass is 427 g/mol. The Hall–Kier alpha value is -3.00. The summed E-state index contributed by atoms with van der Waals surface area (Å²) in [5.74, 6) is 0.752. The van der Waals surface area contributed by atoms with Crippen molar-refractivity contribution in [3.63, 3.8) is 0 Å². The molecule has 3 aromatic rings. The number of hydrogen-bond donors (Lipinski definition) is 4. The van der Waals surface area contributed by atoms with Gasteiger partial charge in [0.25, 0.3) is 12.3 Å². The number of alkyl halides is 2. The number of aromatic amines is 1. The van der Waals surface area contributed by atoms with Crippen molar-refractivity contribution in [1.29, 1.82) is 0 Å². The summed E-state index contributed by atoms with van der Waals surface area (Å²) < 4.78 is 26.0. The zero-order valence-corrected chi connectivity index (χ0v) is 17.4. The fourth-order valence-electron chi connectivity index (χ4n) is 5.16. The van der Waals surface area contributed by atoms with Crippen molar-refractivity contribution in [2.75, 3.05) is 12.8 Å². The molecule has 164 valence electrons. The molecule has 1 aromatic heterocycles. The molecule has 6 rings (SSSR count). The van der Waals surface area contributed by atoms with E-state index in [4.69, 9.17) is 10.7 Å². The van der Waals surface area contributed by atoms with Crippen LogP contribution in [0.3, 0.4) is 0 Å². The third-order valence-electron chi connectivity index (χ3n) is 6.48. The Bertz CT molecular complexity index is 1090. The van der Waals surface area contributed by atoms with Gasteiger partial charge in [-0.2, -0.15) is 0 Å². The fourth-order valence-corrected chi connectivity index (χ4v) is 5.16. The Morgan fingerprint density at radius 1 is 1.13 bits per heavy atom. The lowest BCUT2D eigenvalue weighted by Gasteiger charge is -2.60. The highest BCUT2D eigenvalue weighted by atomic mass is 19.3. The molecule has 31 heavy (non-hydrogen) atoms. The number of imidazole rings is 1. The summed E-state index contributed by atoms with van der Waals surface area (Å²) in [5.41, 5.74) is 12.4. The Labute approximate surface area is 179 Å². The predicted octanol–water partition coefficient (Wildman–Crippen LogP) is 4.04. The number of halogens is 2. The molecule has 2 bridgehead atoms. The fraction of sp³-hybridized carbons (Fsp3) is 0.391. The average molecular weight is 427 g/mol. The number of hydrogen-bond acceptors (Lipinski definition) is 4. The number of anilines is 1. The molecule has 2 aromatic carbocycles. The topological polar surface area (TPSA) is 110 Å². The molecule has 3 aliphatic rings. The maximum absolute atomic E-state index is 13.0. The summed E-state index contributed by atoms with van der Waals surface area (Å²) in [4.78, 5) is 20.7. The zero-order chi connectivity index (χ0) is 22.2. The van der Waals surface area contributed by atoms with Gasteiger partial charge >= 0.3 is 0 Å². The Balaban J connectivity index is 0.00000112. The lowest BCUT2D eigenvalue weighted by Crippen LogP contribution is -2.66. The maximum atomic E-state index is 13.0. The first-order valence-electron chi connectivity index (χ1n) is 10.4. The minimum Gasteiger partial charge on any atom is -0.399 e. The van der Waals surface area contributed by atoms with Crippen LogP contribution in [0.4, 0.5) is 14.5 Å². The van der Waals surface area contributed by atoms with Crippen LogP contribution in [0.25, 0.3) is 11.0 Å². The number of amides is 1. The highest BCUT2D eigenvalue weighted by molar-refractivity contribution is 5.95. The number of carbonyl (C=O) groups excluding carboxylic acids is 1. The van der Waals surface area contributed by atoms with Crippen molar-refractivity contribution in [1.82, 2.24) is 15.3 Å². The van der Waals surface area contributed by atoms with Gasteiger partial charge in [0.1, 0.15) is 5.82 Å². The summed E-state index contributed by atoms with van der Waals surface area (Å²) in [7, 11) is 1.50. The van der Waals surface area contributed by atoms with Gasteiger partial charge in [-0.1, -0.05) is 12.5 Å². The SMILES string of the molecule is CN.Nc1ccc(C(=O)NC23CCCC(c4nc5ccc(C(F)F)cc5[nH]4)(C2)C3)cc1. The van der Waals surface area contributed by atoms with E-state index in [0.717, 1.165) is 37.9 Å². The smallest absolute Gasteiger partial charge is 0.263 e. The minimum absolute atomic E-state index is 0.00689. The predicted molar refractivity (Wildman–Crippen MR) is 117 cm³/mol. The van der Waals surface area contributed by atoms with Gasteiger partial charge in [0.15, 0.2) is 0 Å². The van der Waals surface area contributed by atoms with Crippen molar-refractivity contribution < 1.29 is 13.6 Å². The molecular formula is C23H27F2N5O. The first-order valence-corrected chi connectivity index (χ1v) is 10.4. The number of nitrogens with two attached hydrogens (primary N) is 2. The third-order valence-corrected chi connectivity index (χ3v) is 6.48. The zero-order valence-electron chi connectivity index (χ0n) is 17.4. The van der Waals surface area contributed by atoms with Crippen LogP contribution in [-0.4, -0.2) is 28.5 Å². The Kier molecular flexibility index (Phi) is 5.43. The quantitative estimate of drug-likeness (QED) is 0.471. The molecule has 6 N–H and O–H groups in total. The second-order valence-corrected chi connectivity index (χ2v) is 8.51. The van der Waals surface area contributed by atoms with Crippen LogP contribution in [-0.2, 0) is 5.41 Å². The van der Waals surface area contributed by atoms with E-state index in [2.05, 4.69) is 16.0 Å². The van der Waals surface area contributed by atoms with Crippen molar-refractivity contribution >= 4 is 22.6 Å². The van der Waals surface area contributed by atoms with Gasteiger partial charge in [-0.25, -0.2) is 13.8 Å². The molecule has 8 heteroatoms. The van der Waals surface area contributed by atoms with E-state index in [9.17, 15) is 13.6 Å². The lowest BCUT2D eigenvalue weighted by atomic mass is 9.49. The van der Waals surface area contributed by atoms with Gasteiger partial charge in [-0.3, -0.25) is 4.79 Å².